The molecule has 0 atom stereocenters. The van der Waals surface area contributed by atoms with Crippen LogP contribution in [0.4, 0.5) is 5.82 Å². The molecule has 0 bridgehead atoms. The van der Waals surface area contributed by atoms with E-state index >= 15 is 0 Å². The van der Waals surface area contributed by atoms with E-state index in [0.29, 0.717) is 10.9 Å². The fourth-order valence-electron chi connectivity index (χ4n) is 2.90. The number of nitrogens with one attached hydrogen (secondary N) is 1. The summed E-state index contributed by atoms with van der Waals surface area (Å²) in [6.07, 6.45) is 0. The lowest BCUT2D eigenvalue weighted by Gasteiger charge is -2.21. The predicted molar refractivity (Wildman–Crippen MR) is 110 cm³/mol. The van der Waals surface area contributed by atoms with Gasteiger partial charge in [0, 0.05) is 11.9 Å². The third-order valence-corrected chi connectivity index (χ3v) is 4.43. The third kappa shape index (κ3) is 4.91. The van der Waals surface area contributed by atoms with Gasteiger partial charge in [0.25, 0.3) is 5.91 Å². The van der Waals surface area contributed by atoms with Crippen molar-refractivity contribution in [1.29, 1.82) is 0 Å². The number of rotatable bonds is 8. The molecule has 2 aromatic heterocycles. The third-order valence-electron chi connectivity index (χ3n) is 4.22. The molecule has 0 radical (unpaired) electrons. The molecule has 3 aromatic rings. The first kappa shape index (κ1) is 21.2. The fraction of sp³-hybridized carbons (Fsp3) is 0.211. The topological polar surface area (TPSA) is 143 Å². The summed E-state index contributed by atoms with van der Waals surface area (Å²) in [6.45, 7) is -0.941. The zero-order valence-electron chi connectivity index (χ0n) is 15.8. The van der Waals surface area contributed by atoms with E-state index in [1.165, 1.54) is 9.58 Å². The molecule has 0 spiro atoms. The Labute approximate surface area is 176 Å². The van der Waals surface area contributed by atoms with E-state index < -0.39 is 17.7 Å². The highest BCUT2D eigenvalue weighted by atomic mass is 35.5. The Kier molecular flexibility index (Phi) is 6.60. The molecule has 0 unspecified atom stereocenters. The molecule has 156 valence electrons. The number of anilines is 1. The standard InChI is InChI=1S/C19H19ClN6O4/c20-14-6-3-7-15(22-14)23-16(28)10-25(8-9-27)17(29)11-26-13-5-2-1-4-12(13)18(24-26)19(21)30/h1-7,27H,8-11H2,(H2,21,30)(H,22,23,28). The van der Waals surface area contributed by atoms with Gasteiger partial charge in [0.05, 0.1) is 12.1 Å². The zero-order chi connectivity index (χ0) is 21.7. The van der Waals surface area contributed by atoms with Crippen molar-refractivity contribution in [2.75, 3.05) is 25.0 Å². The van der Waals surface area contributed by atoms with E-state index in [2.05, 4.69) is 15.4 Å². The van der Waals surface area contributed by atoms with Gasteiger partial charge in [-0.05, 0) is 18.2 Å². The number of primary amides is 1. The lowest BCUT2D eigenvalue weighted by molar-refractivity contribution is -0.135. The number of fused-ring (bicyclic) bond motifs is 1. The normalized spacial score (nSPS) is 10.7. The van der Waals surface area contributed by atoms with Crippen LogP contribution in [0.1, 0.15) is 10.5 Å². The lowest BCUT2D eigenvalue weighted by atomic mass is 10.2. The van der Waals surface area contributed by atoms with Crippen molar-refractivity contribution in [2.45, 2.75) is 6.54 Å². The minimum atomic E-state index is -0.710. The lowest BCUT2D eigenvalue weighted by Crippen LogP contribution is -2.41. The van der Waals surface area contributed by atoms with Crippen molar-refractivity contribution in [3.8, 4) is 0 Å². The maximum absolute atomic E-state index is 12.8. The molecule has 4 N–H and O–H groups in total. The molecular weight excluding hydrogens is 412 g/mol. The number of pyridine rings is 1. The van der Waals surface area contributed by atoms with E-state index in [-0.39, 0.29) is 42.9 Å². The molecule has 0 aliphatic carbocycles. The summed E-state index contributed by atoms with van der Waals surface area (Å²) in [5, 5.41) is 16.7. The van der Waals surface area contributed by atoms with E-state index in [1.54, 1.807) is 42.5 Å². The summed E-state index contributed by atoms with van der Waals surface area (Å²) < 4.78 is 1.35. The van der Waals surface area contributed by atoms with Gasteiger partial charge in [0.2, 0.25) is 11.8 Å². The summed E-state index contributed by atoms with van der Waals surface area (Å²) in [6, 6.07) is 11.6. The smallest absolute Gasteiger partial charge is 0.269 e. The number of aliphatic hydroxyl groups excluding tert-OH is 1. The second-order valence-corrected chi connectivity index (χ2v) is 6.71. The molecule has 1 aromatic carbocycles. The maximum Gasteiger partial charge on any atom is 0.269 e. The predicted octanol–water partition coefficient (Wildman–Crippen LogP) is 0.643. The van der Waals surface area contributed by atoms with Gasteiger partial charge in [0.1, 0.15) is 24.1 Å². The Bertz CT molecular complexity index is 1100. The van der Waals surface area contributed by atoms with Crippen molar-refractivity contribution in [2.24, 2.45) is 5.73 Å². The average Bonchev–Trinajstić information content (AvgIpc) is 3.06. The highest BCUT2D eigenvalue weighted by Gasteiger charge is 2.21. The Hall–Kier alpha value is -3.50. The molecule has 10 nitrogen and oxygen atoms in total. The van der Waals surface area contributed by atoms with Crippen LogP contribution in [0.3, 0.4) is 0 Å². The molecule has 3 rings (SSSR count). The van der Waals surface area contributed by atoms with Gasteiger partial charge in [-0.25, -0.2) is 4.98 Å². The number of aliphatic hydroxyl groups is 1. The van der Waals surface area contributed by atoms with E-state index in [9.17, 15) is 19.5 Å². The number of carbonyl (C=O) groups excluding carboxylic acids is 3. The number of benzene rings is 1. The summed E-state index contributed by atoms with van der Waals surface area (Å²) in [4.78, 5) is 41.9. The SMILES string of the molecule is NC(=O)c1nn(CC(=O)N(CCO)CC(=O)Nc2cccc(Cl)n2)c2ccccc12. The van der Waals surface area contributed by atoms with Crippen LogP contribution in [-0.2, 0) is 16.1 Å². The van der Waals surface area contributed by atoms with Crippen molar-refractivity contribution in [1.82, 2.24) is 19.7 Å². The number of carbonyl (C=O) groups is 3. The van der Waals surface area contributed by atoms with Crippen molar-refractivity contribution >= 4 is 46.0 Å². The monoisotopic (exact) mass is 430 g/mol. The number of nitrogens with zero attached hydrogens (tertiary/aromatic N) is 4. The quantitative estimate of drug-likeness (QED) is 0.447. The van der Waals surface area contributed by atoms with Crippen molar-refractivity contribution in [3.63, 3.8) is 0 Å². The molecule has 0 aliphatic heterocycles. The summed E-state index contributed by atoms with van der Waals surface area (Å²) in [5.41, 5.74) is 5.97. The Balaban J connectivity index is 1.75. The molecule has 2 heterocycles. The van der Waals surface area contributed by atoms with Crippen LogP contribution < -0.4 is 11.1 Å². The van der Waals surface area contributed by atoms with E-state index in [0.717, 1.165) is 0 Å². The van der Waals surface area contributed by atoms with Crippen LogP contribution in [0.25, 0.3) is 10.9 Å². The highest BCUT2D eigenvalue weighted by Crippen LogP contribution is 2.18. The van der Waals surface area contributed by atoms with Crippen LogP contribution in [0.2, 0.25) is 5.15 Å². The largest absolute Gasteiger partial charge is 0.395 e. The second kappa shape index (κ2) is 9.33. The number of amides is 3. The number of hydrogen-bond donors (Lipinski definition) is 3. The molecule has 11 heteroatoms. The molecule has 0 saturated carbocycles. The van der Waals surface area contributed by atoms with Gasteiger partial charge in [-0.15, -0.1) is 0 Å². The molecule has 0 fully saturated rings. The van der Waals surface area contributed by atoms with Crippen LogP contribution in [0.5, 0.6) is 0 Å². The van der Waals surface area contributed by atoms with Crippen molar-refractivity contribution < 1.29 is 19.5 Å². The number of nitrogens with two attached hydrogens (primary N) is 1. The molecule has 30 heavy (non-hydrogen) atoms. The van der Waals surface area contributed by atoms with E-state index in [1.807, 2.05) is 0 Å². The molecule has 0 aliphatic rings. The average molecular weight is 431 g/mol. The van der Waals surface area contributed by atoms with Gasteiger partial charge in [0.15, 0.2) is 5.69 Å². The first-order valence-corrected chi connectivity index (χ1v) is 9.33. The summed E-state index contributed by atoms with van der Waals surface area (Å²) in [5.74, 6) is -1.44. The number of para-hydroxylation sites is 1. The van der Waals surface area contributed by atoms with Crippen LogP contribution in [-0.4, -0.2) is 62.2 Å². The molecule has 0 saturated heterocycles. The second-order valence-electron chi connectivity index (χ2n) is 6.32. The van der Waals surface area contributed by atoms with E-state index in [4.69, 9.17) is 17.3 Å². The Morgan fingerprint density at radius 3 is 2.63 bits per heavy atom. The first-order chi connectivity index (χ1) is 14.4. The minimum absolute atomic E-state index is 0.0527. The van der Waals surface area contributed by atoms with Gasteiger partial charge in [-0.2, -0.15) is 5.10 Å². The number of aromatic nitrogens is 3. The van der Waals surface area contributed by atoms with Crippen molar-refractivity contribution in [3.05, 3.63) is 53.3 Å². The maximum atomic E-state index is 12.8. The number of hydrogen-bond acceptors (Lipinski definition) is 6. The minimum Gasteiger partial charge on any atom is -0.395 e. The first-order valence-electron chi connectivity index (χ1n) is 8.95. The summed E-state index contributed by atoms with van der Waals surface area (Å²) >= 11 is 5.79. The Morgan fingerprint density at radius 1 is 1.17 bits per heavy atom. The molecular formula is C19H19ClN6O4. The zero-order valence-corrected chi connectivity index (χ0v) is 16.5. The summed E-state index contributed by atoms with van der Waals surface area (Å²) in [7, 11) is 0. The van der Waals surface area contributed by atoms with Gasteiger partial charge in [-0.3, -0.25) is 19.1 Å². The van der Waals surface area contributed by atoms with Gasteiger partial charge in [-0.1, -0.05) is 35.9 Å². The van der Waals surface area contributed by atoms with Gasteiger partial charge < -0.3 is 21.1 Å². The van der Waals surface area contributed by atoms with Crippen LogP contribution in [0.15, 0.2) is 42.5 Å². The molecule has 3 amide bonds. The highest BCUT2D eigenvalue weighted by molar-refractivity contribution is 6.29. The van der Waals surface area contributed by atoms with Crippen LogP contribution in [0, 0.1) is 0 Å². The number of halogens is 1. The Morgan fingerprint density at radius 2 is 1.93 bits per heavy atom. The van der Waals surface area contributed by atoms with Crippen LogP contribution >= 0.6 is 11.6 Å². The van der Waals surface area contributed by atoms with Gasteiger partial charge >= 0.3 is 0 Å². The fourth-order valence-corrected chi connectivity index (χ4v) is 3.07.